The molecule has 0 radical (unpaired) electrons. The van der Waals surface area contributed by atoms with Crippen molar-refractivity contribution < 1.29 is 4.74 Å². The first-order valence-corrected chi connectivity index (χ1v) is 9.79. The Morgan fingerprint density at radius 3 is 2.42 bits per heavy atom. The van der Waals surface area contributed by atoms with Crippen molar-refractivity contribution in [2.24, 2.45) is 0 Å². The van der Waals surface area contributed by atoms with Gasteiger partial charge in [0, 0.05) is 23.5 Å². The number of hydrogen-bond acceptors (Lipinski definition) is 7. The zero-order chi connectivity index (χ0) is 22.0. The zero-order valence-corrected chi connectivity index (χ0v) is 17.2. The van der Waals surface area contributed by atoms with Crippen molar-refractivity contribution in [2.75, 3.05) is 23.5 Å². The molecule has 0 amide bonds. The minimum Gasteiger partial charge on any atom is -0.495 e. The Hall–Kier alpha value is -4.13. The maximum atomic E-state index is 12.2. The predicted octanol–water partition coefficient (Wildman–Crippen LogP) is 3.85. The van der Waals surface area contributed by atoms with Gasteiger partial charge in [0.1, 0.15) is 17.1 Å². The van der Waals surface area contributed by atoms with Crippen LogP contribution in [-0.2, 0) is 0 Å². The molecule has 1 atom stereocenters. The molecule has 4 aromatic rings. The first kappa shape index (κ1) is 20.2. The number of hydrogen-bond donors (Lipinski definition) is 3. The SMILES string of the molecule is COc1ccc(-c2cc(Nc3c(N[C@H](C)c4ccccc4)c(=O)c3=O)ccn2)cc1N. The Labute approximate surface area is 179 Å². The van der Waals surface area contributed by atoms with E-state index in [2.05, 4.69) is 15.6 Å². The topological polar surface area (TPSA) is 106 Å². The molecule has 0 saturated heterocycles. The van der Waals surface area contributed by atoms with E-state index in [0.717, 1.165) is 11.1 Å². The fraction of sp³-hybridized carbons (Fsp3) is 0.125. The summed E-state index contributed by atoms with van der Waals surface area (Å²) < 4.78 is 5.19. The molecule has 0 bridgehead atoms. The smallest absolute Gasteiger partial charge is 0.253 e. The standard InChI is InChI=1S/C24H22N4O3/c1-14(15-6-4-3-5-7-15)27-21-22(24(30)23(21)29)28-17-10-11-26-19(13-17)16-8-9-20(31-2)18(25)12-16/h3-14,27H,25H2,1-2H3,(H,26,28)/t14-/m1/s1. The molecule has 7 heteroatoms. The van der Waals surface area contributed by atoms with Gasteiger partial charge in [0.05, 0.1) is 18.5 Å². The fourth-order valence-electron chi connectivity index (χ4n) is 3.39. The summed E-state index contributed by atoms with van der Waals surface area (Å²) in [5.74, 6) is 0.588. The number of rotatable bonds is 7. The third-order valence-corrected chi connectivity index (χ3v) is 5.13. The molecule has 0 aliphatic rings. The summed E-state index contributed by atoms with van der Waals surface area (Å²) in [4.78, 5) is 28.8. The Morgan fingerprint density at radius 1 is 0.968 bits per heavy atom. The van der Waals surface area contributed by atoms with Crippen LogP contribution >= 0.6 is 0 Å². The molecule has 0 aliphatic heterocycles. The Bertz CT molecular complexity index is 1290. The van der Waals surface area contributed by atoms with Crippen LogP contribution in [0.1, 0.15) is 18.5 Å². The van der Waals surface area contributed by atoms with Crippen LogP contribution < -0.4 is 32.0 Å². The quantitative estimate of drug-likeness (QED) is 0.311. The van der Waals surface area contributed by atoms with E-state index in [4.69, 9.17) is 10.5 Å². The van der Waals surface area contributed by atoms with Crippen LogP contribution in [0.15, 0.2) is 76.4 Å². The molecular weight excluding hydrogens is 392 g/mol. The monoisotopic (exact) mass is 414 g/mol. The van der Waals surface area contributed by atoms with Gasteiger partial charge < -0.3 is 21.1 Å². The van der Waals surface area contributed by atoms with Crippen LogP contribution in [0.3, 0.4) is 0 Å². The molecule has 0 fully saturated rings. The summed E-state index contributed by atoms with van der Waals surface area (Å²) in [6.07, 6.45) is 1.63. The summed E-state index contributed by atoms with van der Waals surface area (Å²) in [6, 6.07) is 18.5. The van der Waals surface area contributed by atoms with E-state index in [0.29, 0.717) is 22.8 Å². The highest BCUT2D eigenvalue weighted by Crippen LogP contribution is 2.30. The number of nitrogen functional groups attached to an aromatic ring is 1. The highest BCUT2D eigenvalue weighted by molar-refractivity contribution is 5.80. The number of anilines is 4. The molecule has 0 unspecified atom stereocenters. The zero-order valence-electron chi connectivity index (χ0n) is 17.2. The second kappa shape index (κ2) is 8.31. The van der Waals surface area contributed by atoms with Gasteiger partial charge in [-0.1, -0.05) is 30.3 Å². The van der Waals surface area contributed by atoms with Crippen molar-refractivity contribution in [3.63, 3.8) is 0 Å². The van der Waals surface area contributed by atoms with Gasteiger partial charge >= 0.3 is 0 Å². The Kier molecular flexibility index (Phi) is 5.41. The summed E-state index contributed by atoms with van der Waals surface area (Å²) >= 11 is 0. The molecular formula is C24H22N4O3. The number of pyridine rings is 1. The number of aromatic nitrogens is 1. The van der Waals surface area contributed by atoms with Crippen LogP contribution in [0.4, 0.5) is 22.7 Å². The Balaban J connectivity index is 1.58. The van der Waals surface area contributed by atoms with E-state index in [1.807, 2.05) is 43.3 Å². The van der Waals surface area contributed by atoms with Crippen LogP contribution in [-0.4, -0.2) is 12.1 Å². The minimum atomic E-state index is -0.546. The van der Waals surface area contributed by atoms with Crippen LogP contribution in [0.5, 0.6) is 5.75 Å². The van der Waals surface area contributed by atoms with Crippen LogP contribution in [0.2, 0.25) is 0 Å². The number of ether oxygens (including phenoxy) is 1. The molecule has 3 aromatic carbocycles. The number of nitrogens with one attached hydrogen (secondary N) is 2. The number of benzene rings is 2. The average molecular weight is 414 g/mol. The van der Waals surface area contributed by atoms with E-state index in [-0.39, 0.29) is 17.4 Å². The first-order valence-electron chi connectivity index (χ1n) is 9.79. The predicted molar refractivity (Wildman–Crippen MR) is 124 cm³/mol. The van der Waals surface area contributed by atoms with Gasteiger partial charge in [-0.25, -0.2) is 0 Å². The molecule has 1 heterocycles. The number of nitrogens with two attached hydrogens (primary N) is 1. The number of methoxy groups -OCH3 is 1. The molecule has 156 valence electrons. The molecule has 31 heavy (non-hydrogen) atoms. The van der Waals surface area contributed by atoms with Crippen molar-refractivity contribution in [1.82, 2.24) is 4.98 Å². The average Bonchev–Trinajstić information content (AvgIpc) is 2.81. The molecule has 0 aliphatic carbocycles. The molecule has 4 N–H and O–H groups in total. The third kappa shape index (κ3) is 3.98. The van der Waals surface area contributed by atoms with E-state index < -0.39 is 10.9 Å². The summed E-state index contributed by atoms with van der Waals surface area (Å²) in [7, 11) is 1.56. The second-order valence-electron chi connectivity index (χ2n) is 7.20. The largest absolute Gasteiger partial charge is 0.495 e. The van der Waals surface area contributed by atoms with Gasteiger partial charge in [-0.2, -0.15) is 0 Å². The van der Waals surface area contributed by atoms with Gasteiger partial charge in [-0.3, -0.25) is 14.6 Å². The van der Waals surface area contributed by atoms with Crippen LogP contribution in [0, 0.1) is 0 Å². The summed E-state index contributed by atoms with van der Waals surface area (Å²) in [5.41, 5.74) is 9.10. The fourth-order valence-corrected chi connectivity index (χ4v) is 3.39. The molecule has 7 nitrogen and oxygen atoms in total. The number of nitrogens with zero attached hydrogens (tertiary/aromatic N) is 1. The van der Waals surface area contributed by atoms with Gasteiger partial charge in [0.15, 0.2) is 0 Å². The van der Waals surface area contributed by atoms with Gasteiger partial charge in [-0.05, 0) is 42.8 Å². The van der Waals surface area contributed by atoms with E-state index in [9.17, 15) is 9.59 Å². The highest BCUT2D eigenvalue weighted by atomic mass is 16.5. The van der Waals surface area contributed by atoms with Crippen molar-refractivity contribution in [2.45, 2.75) is 13.0 Å². The Morgan fingerprint density at radius 2 is 1.71 bits per heavy atom. The lowest BCUT2D eigenvalue weighted by molar-refractivity contribution is 0.417. The van der Waals surface area contributed by atoms with Gasteiger partial charge in [-0.15, -0.1) is 0 Å². The maximum Gasteiger partial charge on any atom is 0.253 e. The van der Waals surface area contributed by atoms with E-state index in [1.165, 1.54) is 0 Å². The maximum absolute atomic E-state index is 12.2. The van der Waals surface area contributed by atoms with Crippen LogP contribution in [0.25, 0.3) is 11.3 Å². The molecule has 0 spiro atoms. The van der Waals surface area contributed by atoms with E-state index >= 15 is 0 Å². The molecule has 0 saturated carbocycles. The normalized spacial score (nSPS) is 11.8. The van der Waals surface area contributed by atoms with Gasteiger partial charge in [0.2, 0.25) is 0 Å². The lowest BCUT2D eigenvalue weighted by atomic mass is 10.1. The highest BCUT2D eigenvalue weighted by Gasteiger charge is 2.23. The molecule has 4 rings (SSSR count). The van der Waals surface area contributed by atoms with Crippen molar-refractivity contribution >= 4 is 22.7 Å². The van der Waals surface area contributed by atoms with E-state index in [1.54, 1.807) is 37.6 Å². The van der Waals surface area contributed by atoms with Gasteiger partial charge in [0.25, 0.3) is 10.9 Å². The third-order valence-electron chi connectivity index (χ3n) is 5.13. The summed E-state index contributed by atoms with van der Waals surface area (Å²) in [6.45, 7) is 1.94. The summed E-state index contributed by atoms with van der Waals surface area (Å²) in [5, 5.41) is 6.21. The minimum absolute atomic E-state index is 0.125. The first-order chi connectivity index (χ1) is 15.0. The second-order valence-corrected chi connectivity index (χ2v) is 7.20. The van der Waals surface area contributed by atoms with Crippen molar-refractivity contribution in [3.05, 3.63) is 92.9 Å². The lowest BCUT2D eigenvalue weighted by Gasteiger charge is -2.20. The van der Waals surface area contributed by atoms with Crippen molar-refractivity contribution in [1.29, 1.82) is 0 Å². The van der Waals surface area contributed by atoms with Crippen molar-refractivity contribution in [3.8, 4) is 17.0 Å². The molecule has 1 aromatic heterocycles. The lowest BCUT2D eigenvalue weighted by Crippen LogP contribution is -2.37.